The lowest BCUT2D eigenvalue weighted by molar-refractivity contribution is -0.123. The fraction of sp³-hybridized carbons (Fsp3) is 0.562. The highest BCUT2D eigenvalue weighted by atomic mass is 19.1. The van der Waals surface area contributed by atoms with Crippen LogP contribution >= 0.6 is 0 Å². The van der Waals surface area contributed by atoms with Gasteiger partial charge in [0.25, 0.3) is 0 Å². The predicted octanol–water partition coefficient (Wildman–Crippen LogP) is 2.18. The standard InChI is InChI=1S/C16H20F2N2O/c1-9-8-19-5-4-15(9)20-16(21)13-7-12(13)11-3-2-10(17)6-14(11)18/h2-3,6,9,12-13,15,19H,4-5,7-8H2,1H3,(H,20,21). The summed E-state index contributed by atoms with van der Waals surface area (Å²) in [4.78, 5) is 12.3. The molecule has 0 spiro atoms. The molecule has 1 saturated heterocycles. The number of nitrogens with one attached hydrogen (secondary N) is 2. The first kappa shape index (κ1) is 14.4. The van der Waals surface area contributed by atoms with E-state index in [1.807, 2.05) is 0 Å². The molecule has 3 nitrogen and oxygen atoms in total. The topological polar surface area (TPSA) is 41.1 Å². The maximum absolute atomic E-state index is 13.7. The number of rotatable bonds is 3. The molecule has 114 valence electrons. The Morgan fingerprint density at radius 3 is 2.90 bits per heavy atom. The van der Waals surface area contributed by atoms with E-state index >= 15 is 0 Å². The molecule has 1 heterocycles. The first-order valence-corrected chi connectivity index (χ1v) is 7.52. The SMILES string of the molecule is CC1CNCCC1NC(=O)C1CC1c1ccc(F)cc1F. The van der Waals surface area contributed by atoms with Crippen molar-refractivity contribution in [1.82, 2.24) is 10.6 Å². The molecule has 1 aliphatic heterocycles. The zero-order chi connectivity index (χ0) is 15.0. The lowest BCUT2D eigenvalue weighted by Crippen LogP contribution is -2.48. The van der Waals surface area contributed by atoms with Gasteiger partial charge in [0.15, 0.2) is 0 Å². The number of carbonyl (C=O) groups is 1. The van der Waals surface area contributed by atoms with Crippen molar-refractivity contribution < 1.29 is 13.6 Å². The molecular formula is C16H20F2N2O. The molecule has 0 bridgehead atoms. The summed E-state index contributed by atoms with van der Waals surface area (Å²) in [5.41, 5.74) is 0.454. The minimum absolute atomic E-state index is 0.00229. The van der Waals surface area contributed by atoms with Crippen molar-refractivity contribution in [3.05, 3.63) is 35.4 Å². The van der Waals surface area contributed by atoms with Gasteiger partial charge in [0.1, 0.15) is 11.6 Å². The monoisotopic (exact) mass is 294 g/mol. The molecule has 1 aromatic carbocycles. The summed E-state index contributed by atoms with van der Waals surface area (Å²) in [5, 5.41) is 6.38. The fourth-order valence-electron chi connectivity index (χ4n) is 3.15. The van der Waals surface area contributed by atoms with Gasteiger partial charge in [0.2, 0.25) is 5.91 Å². The minimum atomic E-state index is -0.582. The van der Waals surface area contributed by atoms with Crippen LogP contribution < -0.4 is 10.6 Å². The molecule has 0 radical (unpaired) electrons. The number of benzene rings is 1. The van der Waals surface area contributed by atoms with E-state index in [9.17, 15) is 13.6 Å². The summed E-state index contributed by atoms with van der Waals surface area (Å²) in [6, 6.07) is 3.78. The van der Waals surface area contributed by atoms with Crippen LogP contribution in [0.15, 0.2) is 18.2 Å². The quantitative estimate of drug-likeness (QED) is 0.897. The Labute approximate surface area is 123 Å². The molecule has 4 atom stereocenters. The molecule has 0 aromatic heterocycles. The third-order valence-corrected chi connectivity index (χ3v) is 4.60. The lowest BCUT2D eigenvalue weighted by Gasteiger charge is -2.30. The molecule has 1 amide bonds. The lowest BCUT2D eigenvalue weighted by atomic mass is 9.95. The molecule has 1 aliphatic carbocycles. The summed E-state index contributed by atoms with van der Waals surface area (Å²) >= 11 is 0. The molecule has 3 rings (SSSR count). The highest BCUT2D eigenvalue weighted by Crippen LogP contribution is 2.48. The molecule has 1 aromatic rings. The zero-order valence-corrected chi connectivity index (χ0v) is 12.0. The van der Waals surface area contributed by atoms with Crippen LogP contribution in [0, 0.1) is 23.5 Å². The van der Waals surface area contributed by atoms with Crippen LogP contribution in [0.25, 0.3) is 0 Å². The smallest absolute Gasteiger partial charge is 0.223 e. The van der Waals surface area contributed by atoms with E-state index in [1.54, 1.807) is 0 Å². The van der Waals surface area contributed by atoms with Gasteiger partial charge in [-0.2, -0.15) is 0 Å². The van der Waals surface area contributed by atoms with Crippen LogP contribution in [0.4, 0.5) is 8.78 Å². The molecular weight excluding hydrogens is 274 g/mol. The van der Waals surface area contributed by atoms with E-state index in [0.717, 1.165) is 25.6 Å². The second-order valence-electron chi connectivity index (χ2n) is 6.20. The third kappa shape index (κ3) is 3.07. The van der Waals surface area contributed by atoms with Gasteiger partial charge in [0.05, 0.1) is 0 Å². The maximum atomic E-state index is 13.7. The van der Waals surface area contributed by atoms with Gasteiger partial charge in [-0.05, 0) is 49.4 Å². The van der Waals surface area contributed by atoms with Crippen LogP contribution in [0.1, 0.15) is 31.2 Å². The Kier molecular flexibility index (Phi) is 3.93. The Morgan fingerprint density at radius 2 is 2.19 bits per heavy atom. The normalized spacial score (nSPS) is 31.8. The van der Waals surface area contributed by atoms with Crippen LogP contribution in [0.5, 0.6) is 0 Å². The Morgan fingerprint density at radius 1 is 1.38 bits per heavy atom. The van der Waals surface area contributed by atoms with E-state index in [4.69, 9.17) is 0 Å². The zero-order valence-electron chi connectivity index (χ0n) is 12.0. The van der Waals surface area contributed by atoms with Gasteiger partial charge >= 0.3 is 0 Å². The van der Waals surface area contributed by atoms with Crippen LogP contribution in [-0.2, 0) is 4.79 Å². The number of carbonyl (C=O) groups excluding carboxylic acids is 1. The molecule has 4 unspecified atom stereocenters. The maximum Gasteiger partial charge on any atom is 0.223 e. The van der Waals surface area contributed by atoms with Crippen LogP contribution in [0.3, 0.4) is 0 Å². The third-order valence-electron chi connectivity index (χ3n) is 4.60. The van der Waals surface area contributed by atoms with Crippen molar-refractivity contribution in [2.45, 2.75) is 31.7 Å². The van der Waals surface area contributed by atoms with Crippen molar-refractivity contribution in [2.75, 3.05) is 13.1 Å². The largest absolute Gasteiger partial charge is 0.353 e. The number of hydrogen-bond acceptors (Lipinski definition) is 2. The van der Waals surface area contributed by atoms with Gasteiger partial charge in [-0.3, -0.25) is 4.79 Å². The van der Waals surface area contributed by atoms with Gasteiger partial charge in [-0.25, -0.2) is 8.78 Å². The van der Waals surface area contributed by atoms with Gasteiger partial charge in [-0.1, -0.05) is 13.0 Å². The van der Waals surface area contributed by atoms with E-state index < -0.39 is 11.6 Å². The molecule has 21 heavy (non-hydrogen) atoms. The summed E-state index contributed by atoms with van der Waals surface area (Å²) < 4.78 is 26.6. The van der Waals surface area contributed by atoms with Gasteiger partial charge in [-0.15, -0.1) is 0 Å². The molecule has 2 aliphatic rings. The summed E-state index contributed by atoms with van der Waals surface area (Å²) in [7, 11) is 0. The van der Waals surface area contributed by atoms with E-state index in [-0.39, 0.29) is 23.8 Å². The summed E-state index contributed by atoms with van der Waals surface area (Å²) in [6.45, 7) is 3.93. The number of piperidine rings is 1. The van der Waals surface area contributed by atoms with Crippen molar-refractivity contribution in [3.8, 4) is 0 Å². The Bertz CT molecular complexity index is 549. The Balaban J connectivity index is 1.60. The summed E-state index contributed by atoms with van der Waals surface area (Å²) in [5.74, 6) is -1.01. The number of hydrogen-bond donors (Lipinski definition) is 2. The molecule has 1 saturated carbocycles. The number of halogens is 2. The van der Waals surface area contributed by atoms with E-state index in [1.165, 1.54) is 12.1 Å². The average Bonchev–Trinajstić information content (AvgIpc) is 3.21. The van der Waals surface area contributed by atoms with E-state index in [0.29, 0.717) is 17.9 Å². The highest BCUT2D eigenvalue weighted by Gasteiger charge is 2.45. The highest BCUT2D eigenvalue weighted by molar-refractivity contribution is 5.83. The van der Waals surface area contributed by atoms with Crippen LogP contribution in [-0.4, -0.2) is 25.0 Å². The Hall–Kier alpha value is -1.49. The molecule has 2 fully saturated rings. The summed E-state index contributed by atoms with van der Waals surface area (Å²) in [6.07, 6.45) is 1.57. The number of amides is 1. The van der Waals surface area contributed by atoms with Crippen molar-refractivity contribution in [2.24, 2.45) is 11.8 Å². The molecule has 2 N–H and O–H groups in total. The van der Waals surface area contributed by atoms with Crippen molar-refractivity contribution in [1.29, 1.82) is 0 Å². The molecule has 5 heteroatoms. The van der Waals surface area contributed by atoms with Crippen molar-refractivity contribution in [3.63, 3.8) is 0 Å². The minimum Gasteiger partial charge on any atom is -0.353 e. The first-order valence-electron chi connectivity index (χ1n) is 7.52. The van der Waals surface area contributed by atoms with Gasteiger partial charge in [0, 0.05) is 18.0 Å². The van der Waals surface area contributed by atoms with E-state index in [2.05, 4.69) is 17.6 Å². The first-order chi connectivity index (χ1) is 10.1. The second-order valence-corrected chi connectivity index (χ2v) is 6.20. The van der Waals surface area contributed by atoms with Crippen molar-refractivity contribution >= 4 is 5.91 Å². The van der Waals surface area contributed by atoms with Gasteiger partial charge < -0.3 is 10.6 Å². The fourth-order valence-corrected chi connectivity index (χ4v) is 3.15. The van der Waals surface area contributed by atoms with Crippen LogP contribution in [0.2, 0.25) is 0 Å². The average molecular weight is 294 g/mol. The predicted molar refractivity (Wildman–Crippen MR) is 75.8 cm³/mol. The second kappa shape index (κ2) is 5.72.